The summed E-state index contributed by atoms with van der Waals surface area (Å²) < 4.78 is 73.0. The number of carbonyl (C=O) groups is 1. The van der Waals surface area contributed by atoms with Crippen molar-refractivity contribution in [2.24, 2.45) is 0 Å². The molecule has 2 aromatic carbocycles. The highest BCUT2D eigenvalue weighted by Gasteiger charge is 2.34. The minimum Gasteiger partial charge on any atom is -0.489 e. The van der Waals surface area contributed by atoms with E-state index in [4.69, 9.17) is 9.84 Å². The van der Waals surface area contributed by atoms with Gasteiger partial charge in [0.1, 0.15) is 11.9 Å². The van der Waals surface area contributed by atoms with Gasteiger partial charge in [0.2, 0.25) is 0 Å². The van der Waals surface area contributed by atoms with Gasteiger partial charge in [-0.1, -0.05) is 0 Å². The van der Waals surface area contributed by atoms with Crippen LogP contribution in [0.25, 0.3) is 0 Å². The van der Waals surface area contributed by atoms with Crippen molar-refractivity contribution in [1.29, 1.82) is 0 Å². The van der Waals surface area contributed by atoms with Gasteiger partial charge in [-0.05, 0) is 55.0 Å². The van der Waals surface area contributed by atoms with E-state index >= 15 is 0 Å². The molecule has 1 N–H and O–H groups in total. The lowest BCUT2D eigenvalue weighted by Gasteiger charge is -2.26. The van der Waals surface area contributed by atoms with E-state index in [9.17, 15) is 26.7 Å². The zero-order chi connectivity index (χ0) is 22.6. The van der Waals surface area contributed by atoms with Crippen molar-refractivity contribution < 1.29 is 41.3 Å². The number of alkyl halides is 5. The maximum atomic E-state index is 12.7. The van der Waals surface area contributed by atoms with Crippen LogP contribution in [0.1, 0.15) is 28.8 Å². The first-order valence-electron chi connectivity index (χ1n) is 9.47. The Balaban J connectivity index is 1.71. The van der Waals surface area contributed by atoms with E-state index in [2.05, 4.69) is 4.74 Å². The van der Waals surface area contributed by atoms with Gasteiger partial charge < -0.3 is 19.5 Å². The molecule has 0 spiro atoms. The van der Waals surface area contributed by atoms with Crippen LogP contribution >= 0.6 is 0 Å². The summed E-state index contributed by atoms with van der Waals surface area (Å²) in [7, 11) is 0. The average molecular weight is 445 g/mol. The number of aromatic carboxylic acids is 1. The van der Waals surface area contributed by atoms with Gasteiger partial charge in [0, 0.05) is 18.2 Å². The molecule has 10 heteroatoms. The van der Waals surface area contributed by atoms with Crippen molar-refractivity contribution in [3.8, 4) is 5.75 Å². The summed E-state index contributed by atoms with van der Waals surface area (Å²) in [6, 6.07) is 10.2. The molecule has 3 rings (SSSR count). The Hall–Kier alpha value is -2.88. The first-order chi connectivity index (χ1) is 14.6. The molecule has 2 aromatic rings. The molecule has 1 heterocycles. The molecule has 168 valence electrons. The van der Waals surface area contributed by atoms with E-state index in [0.29, 0.717) is 18.7 Å². The van der Waals surface area contributed by atoms with Crippen molar-refractivity contribution in [3.05, 3.63) is 59.7 Å². The Bertz CT molecular complexity index is 871. The number of benzene rings is 2. The van der Waals surface area contributed by atoms with Gasteiger partial charge in [-0.25, -0.2) is 4.79 Å². The van der Waals surface area contributed by atoms with Gasteiger partial charge in [0.15, 0.2) is 0 Å². The van der Waals surface area contributed by atoms with Crippen LogP contribution in [0.3, 0.4) is 0 Å². The van der Waals surface area contributed by atoms with Crippen LogP contribution in [0.2, 0.25) is 0 Å². The Kier molecular flexibility index (Phi) is 6.99. The van der Waals surface area contributed by atoms with E-state index < -0.39 is 30.4 Å². The fraction of sp³-hybridized carbons (Fsp3) is 0.381. The van der Waals surface area contributed by atoms with Crippen LogP contribution in [-0.2, 0) is 10.9 Å². The molecule has 0 unspecified atom stereocenters. The SMILES string of the molecule is O=C(O)c1ccc(N2C[C@H](Oc3ccc(C(F)(F)F)cc3)C[C@H]2CCOC(F)F)cc1. The molecule has 0 saturated carbocycles. The molecular formula is C21H20F5NO4. The molecule has 1 aliphatic heterocycles. The van der Waals surface area contributed by atoms with E-state index in [0.717, 1.165) is 12.1 Å². The van der Waals surface area contributed by atoms with Crippen LogP contribution in [0.5, 0.6) is 5.75 Å². The van der Waals surface area contributed by atoms with Gasteiger partial charge in [0.05, 0.1) is 24.3 Å². The fourth-order valence-corrected chi connectivity index (χ4v) is 3.55. The monoisotopic (exact) mass is 445 g/mol. The second kappa shape index (κ2) is 9.51. The van der Waals surface area contributed by atoms with Crippen LogP contribution in [0, 0.1) is 0 Å². The maximum absolute atomic E-state index is 12.7. The van der Waals surface area contributed by atoms with Crippen LogP contribution < -0.4 is 9.64 Å². The minimum atomic E-state index is -4.44. The molecule has 1 aliphatic rings. The van der Waals surface area contributed by atoms with Crippen molar-refractivity contribution >= 4 is 11.7 Å². The van der Waals surface area contributed by atoms with E-state index in [-0.39, 0.29) is 30.4 Å². The number of nitrogens with zero attached hydrogens (tertiary/aromatic N) is 1. The quantitative estimate of drug-likeness (QED) is 0.576. The topological polar surface area (TPSA) is 59.0 Å². The molecule has 0 aromatic heterocycles. The molecule has 0 amide bonds. The highest BCUT2D eigenvalue weighted by molar-refractivity contribution is 5.88. The second-order valence-corrected chi connectivity index (χ2v) is 7.08. The summed E-state index contributed by atoms with van der Waals surface area (Å²) in [6.07, 6.45) is -4.13. The molecule has 1 fully saturated rings. The zero-order valence-electron chi connectivity index (χ0n) is 16.2. The normalized spacial score (nSPS) is 19.1. The summed E-state index contributed by atoms with van der Waals surface area (Å²) >= 11 is 0. The number of anilines is 1. The average Bonchev–Trinajstić information content (AvgIpc) is 3.10. The van der Waals surface area contributed by atoms with Crippen LogP contribution in [-0.4, -0.2) is 43.0 Å². The predicted molar refractivity (Wildman–Crippen MR) is 102 cm³/mol. The summed E-state index contributed by atoms with van der Waals surface area (Å²) in [4.78, 5) is 13.0. The van der Waals surface area contributed by atoms with Gasteiger partial charge >= 0.3 is 18.8 Å². The van der Waals surface area contributed by atoms with Crippen LogP contribution in [0.4, 0.5) is 27.6 Å². The number of carboxylic acid groups (broad SMARTS) is 1. The summed E-state index contributed by atoms with van der Waals surface area (Å²) in [5.74, 6) is -0.804. The third kappa shape index (κ3) is 6.06. The third-order valence-electron chi connectivity index (χ3n) is 5.00. The van der Waals surface area contributed by atoms with Gasteiger partial charge in [0.25, 0.3) is 0 Å². The number of halogens is 5. The first kappa shape index (κ1) is 22.8. The van der Waals surface area contributed by atoms with Crippen molar-refractivity contribution in [1.82, 2.24) is 0 Å². The van der Waals surface area contributed by atoms with Crippen molar-refractivity contribution in [2.45, 2.75) is 37.8 Å². The number of rotatable bonds is 8. The van der Waals surface area contributed by atoms with Gasteiger partial charge in [-0.2, -0.15) is 22.0 Å². The Morgan fingerprint density at radius 3 is 2.29 bits per heavy atom. The molecule has 5 nitrogen and oxygen atoms in total. The fourth-order valence-electron chi connectivity index (χ4n) is 3.55. The van der Waals surface area contributed by atoms with E-state index in [1.807, 2.05) is 4.90 Å². The van der Waals surface area contributed by atoms with Gasteiger partial charge in [-0.3, -0.25) is 0 Å². The largest absolute Gasteiger partial charge is 0.489 e. The van der Waals surface area contributed by atoms with Crippen molar-refractivity contribution in [3.63, 3.8) is 0 Å². The molecule has 1 saturated heterocycles. The van der Waals surface area contributed by atoms with Crippen molar-refractivity contribution in [2.75, 3.05) is 18.1 Å². The minimum absolute atomic E-state index is 0.109. The predicted octanol–water partition coefficient (Wildman–Crippen LogP) is 5.06. The molecule has 0 radical (unpaired) electrons. The molecule has 2 atom stereocenters. The number of hydrogen-bond acceptors (Lipinski definition) is 4. The summed E-state index contributed by atoms with van der Waals surface area (Å²) in [5, 5.41) is 9.05. The lowest BCUT2D eigenvalue weighted by molar-refractivity contribution is -0.137. The van der Waals surface area contributed by atoms with Crippen LogP contribution in [0.15, 0.2) is 48.5 Å². The smallest absolute Gasteiger partial charge is 0.416 e. The Morgan fingerprint density at radius 1 is 1.10 bits per heavy atom. The second-order valence-electron chi connectivity index (χ2n) is 7.08. The molecule has 31 heavy (non-hydrogen) atoms. The first-order valence-corrected chi connectivity index (χ1v) is 9.47. The number of carboxylic acids is 1. The number of ether oxygens (including phenoxy) is 2. The van der Waals surface area contributed by atoms with E-state index in [1.165, 1.54) is 24.3 Å². The Labute approximate surface area is 175 Å². The third-order valence-corrected chi connectivity index (χ3v) is 5.00. The van der Waals surface area contributed by atoms with E-state index in [1.54, 1.807) is 12.1 Å². The lowest BCUT2D eigenvalue weighted by atomic mass is 10.1. The number of hydrogen-bond donors (Lipinski definition) is 1. The standard InChI is InChI=1S/C21H20F5NO4/c22-20(23)30-10-9-16-11-18(31-17-7-3-14(4-8-17)21(24,25)26)12-27(16)15-5-1-13(2-6-15)19(28)29/h1-8,16,18,20H,9-12H2,(H,28,29)/t16-,18-/m1/s1. The maximum Gasteiger partial charge on any atom is 0.416 e. The summed E-state index contributed by atoms with van der Waals surface area (Å²) in [6.45, 7) is -2.71. The lowest BCUT2D eigenvalue weighted by Crippen LogP contribution is -2.31. The van der Waals surface area contributed by atoms with Gasteiger partial charge in [-0.15, -0.1) is 0 Å². The zero-order valence-corrected chi connectivity index (χ0v) is 16.2. The molecule has 0 bridgehead atoms. The highest BCUT2D eigenvalue weighted by Crippen LogP contribution is 2.33. The molecule has 0 aliphatic carbocycles. The highest BCUT2D eigenvalue weighted by atomic mass is 19.4. The summed E-state index contributed by atoms with van der Waals surface area (Å²) in [5.41, 5.74) is 0.0112. The molecular weight excluding hydrogens is 425 g/mol. The Morgan fingerprint density at radius 2 is 1.74 bits per heavy atom.